The molecule has 0 aliphatic rings. The molecule has 4 N–H and O–H groups in total. The summed E-state index contributed by atoms with van der Waals surface area (Å²) in [5.41, 5.74) is 2.28. The van der Waals surface area contributed by atoms with Gasteiger partial charge in [-0.05, 0) is 89.0 Å². The highest BCUT2D eigenvalue weighted by molar-refractivity contribution is 5.87. The van der Waals surface area contributed by atoms with E-state index in [1.807, 2.05) is 0 Å². The predicted molar refractivity (Wildman–Crippen MR) is 189 cm³/mol. The Balaban J connectivity index is 1.51. The van der Waals surface area contributed by atoms with E-state index in [1.54, 1.807) is 54.6 Å². The number of esters is 2. The van der Waals surface area contributed by atoms with Crippen LogP contribution in [0.25, 0.3) is 18.2 Å². The van der Waals surface area contributed by atoms with Crippen molar-refractivity contribution in [1.82, 2.24) is 0 Å². The Kier molecular flexibility index (Phi) is 13.5. The third kappa shape index (κ3) is 11.1. The Hall–Kier alpha value is -6.40. The number of methoxy groups -OCH3 is 3. The van der Waals surface area contributed by atoms with Crippen molar-refractivity contribution in [3.8, 4) is 40.2 Å². The minimum atomic E-state index is -1.39. The second-order valence-electron chi connectivity index (χ2n) is 10.8. The molecule has 266 valence electrons. The summed E-state index contributed by atoms with van der Waals surface area (Å²) < 4.78 is 33.3. The molecular weight excluding hydrogens is 660 g/mol. The molecule has 0 amide bonds. The van der Waals surface area contributed by atoms with E-state index in [4.69, 9.17) is 28.4 Å². The zero-order valence-electron chi connectivity index (χ0n) is 28.1. The molecule has 12 heteroatoms. The molecule has 0 bridgehead atoms. The lowest BCUT2D eigenvalue weighted by Crippen LogP contribution is -2.31. The Morgan fingerprint density at radius 2 is 1.18 bits per heavy atom. The zero-order valence-corrected chi connectivity index (χ0v) is 28.1. The van der Waals surface area contributed by atoms with Crippen LogP contribution < -0.4 is 18.9 Å². The number of phenolic OH excluding ortho intramolecular Hbond substituents is 3. The molecule has 4 aromatic carbocycles. The second kappa shape index (κ2) is 18.4. The van der Waals surface area contributed by atoms with Gasteiger partial charge in [0.1, 0.15) is 30.8 Å². The van der Waals surface area contributed by atoms with E-state index in [-0.39, 0.29) is 46.9 Å². The van der Waals surface area contributed by atoms with Crippen molar-refractivity contribution in [1.29, 1.82) is 0 Å². The van der Waals surface area contributed by atoms with Gasteiger partial charge in [0, 0.05) is 12.2 Å². The molecule has 0 saturated heterocycles. The van der Waals surface area contributed by atoms with E-state index < -0.39 is 30.8 Å². The molecule has 0 radical (unpaired) electrons. The Morgan fingerprint density at radius 1 is 0.647 bits per heavy atom. The van der Waals surface area contributed by atoms with Gasteiger partial charge >= 0.3 is 11.9 Å². The lowest BCUT2D eigenvalue weighted by molar-refractivity contribution is -0.142. The summed E-state index contributed by atoms with van der Waals surface area (Å²) in [5.74, 6) is -0.535. The van der Waals surface area contributed by atoms with Crippen LogP contribution in [0.5, 0.6) is 40.2 Å². The largest absolute Gasteiger partial charge is 0.508 e. The van der Waals surface area contributed by atoms with E-state index in [0.717, 1.165) is 5.56 Å². The van der Waals surface area contributed by atoms with Crippen LogP contribution in [0.1, 0.15) is 28.4 Å². The van der Waals surface area contributed by atoms with Crippen molar-refractivity contribution >= 4 is 30.2 Å². The topological polar surface area (TPSA) is 170 Å². The maximum Gasteiger partial charge on any atom is 0.331 e. The molecule has 0 aliphatic heterocycles. The number of aliphatic hydroxyl groups excluding tert-OH is 1. The third-order valence-electron chi connectivity index (χ3n) is 7.28. The standard InChI is InChI=1S/C39H38O12/c1-46-32-23-28(12-17-31(32)42)38(45)35(24-50-37(44)19-11-26-8-15-30(41)16-9-26)51-39-33(47-2)21-27(22-34(39)48-3)5-4-20-49-36(43)18-10-25-6-13-29(40)14-7-25/h4-19,21-23,35,38,40-42,45H,20,24H2,1-3H3/t35-,38+/m1/s1. The van der Waals surface area contributed by atoms with Gasteiger partial charge in [-0.1, -0.05) is 36.4 Å². The molecule has 0 heterocycles. The minimum Gasteiger partial charge on any atom is -0.508 e. The number of phenols is 3. The average Bonchev–Trinajstić information content (AvgIpc) is 3.14. The van der Waals surface area contributed by atoms with Crippen molar-refractivity contribution in [2.75, 3.05) is 34.5 Å². The van der Waals surface area contributed by atoms with Gasteiger partial charge < -0.3 is 48.8 Å². The fourth-order valence-corrected chi connectivity index (χ4v) is 4.62. The highest BCUT2D eigenvalue weighted by Gasteiger charge is 2.28. The molecule has 51 heavy (non-hydrogen) atoms. The van der Waals surface area contributed by atoms with Crippen molar-refractivity contribution in [3.63, 3.8) is 0 Å². The molecule has 2 atom stereocenters. The Bertz CT molecular complexity index is 1840. The van der Waals surface area contributed by atoms with Gasteiger partial charge in [-0.15, -0.1) is 0 Å². The SMILES string of the molecule is COc1cc([C@H](O)[C@@H](COC(=O)C=Cc2ccc(O)cc2)Oc2c(OC)cc(C=CCOC(=O)C=Cc3ccc(O)cc3)cc2OC)ccc1O. The quantitative estimate of drug-likeness (QED) is 0.0816. The van der Waals surface area contributed by atoms with Crippen molar-refractivity contribution in [3.05, 3.63) is 119 Å². The highest BCUT2D eigenvalue weighted by atomic mass is 16.6. The molecule has 0 spiro atoms. The summed E-state index contributed by atoms with van der Waals surface area (Å²) in [5, 5.41) is 40.4. The predicted octanol–water partition coefficient (Wildman–Crippen LogP) is 5.84. The average molecular weight is 699 g/mol. The van der Waals surface area contributed by atoms with Crippen LogP contribution in [0.4, 0.5) is 0 Å². The van der Waals surface area contributed by atoms with Crippen molar-refractivity contribution < 1.29 is 58.4 Å². The number of rotatable bonds is 16. The number of hydrogen-bond acceptors (Lipinski definition) is 12. The molecule has 0 aromatic heterocycles. The summed E-state index contributed by atoms with van der Waals surface area (Å²) in [7, 11) is 4.21. The highest BCUT2D eigenvalue weighted by Crippen LogP contribution is 2.41. The van der Waals surface area contributed by atoms with E-state index in [0.29, 0.717) is 16.7 Å². The number of aromatic hydroxyl groups is 3. The van der Waals surface area contributed by atoms with Crippen LogP contribution in [0.2, 0.25) is 0 Å². The van der Waals surface area contributed by atoms with Crippen LogP contribution in [0.3, 0.4) is 0 Å². The molecule has 4 rings (SSSR count). The lowest BCUT2D eigenvalue weighted by Gasteiger charge is -2.26. The first-order valence-corrected chi connectivity index (χ1v) is 15.5. The molecule has 0 fully saturated rings. The number of hydrogen-bond donors (Lipinski definition) is 4. The number of benzene rings is 4. The summed E-state index contributed by atoms with van der Waals surface area (Å²) in [6, 6.07) is 20.1. The minimum absolute atomic E-state index is 0.0292. The first kappa shape index (κ1) is 37.4. The van der Waals surface area contributed by atoms with Crippen LogP contribution in [0.15, 0.2) is 97.1 Å². The third-order valence-corrected chi connectivity index (χ3v) is 7.28. The molecule has 0 aliphatic carbocycles. The van der Waals surface area contributed by atoms with Gasteiger partial charge in [0.05, 0.1) is 21.3 Å². The Morgan fingerprint density at radius 3 is 1.71 bits per heavy atom. The normalized spacial score (nSPS) is 12.5. The monoisotopic (exact) mass is 698 g/mol. The van der Waals surface area contributed by atoms with Gasteiger partial charge in [-0.25, -0.2) is 9.59 Å². The first-order valence-electron chi connectivity index (χ1n) is 15.5. The summed E-state index contributed by atoms with van der Waals surface area (Å²) >= 11 is 0. The number of carbonyl (C=O) groups is 2. The van der Waals surface area contributed by atoms with Crippen LogP contribution >= 0.6 is 0 Å². The lowest BCUT2D eigenvalue weighted by atomic mass is 10.0. The van der Waals surface area contributed by atoms with Crippen LogP contribution in [0, 0.1) is 0 Å². The number of ether oxygens (including phenoxy) is 6. The maximum atomic E-state index is 12.7. The van der Waals surface area contributed by atoms with Gasteiger partial charge in [-0.2, -0.15) is 0 Å². The van der Waals surface area contributed by atoms with Gasteiger partial charge in [0.2, 0.25) is 5.75 Å². The van der Waals surface area contributed by atoms with E-state index in [2.05, 4.69) is 0 Å². The van der Waals surface area contributed by atoms with Crippen molar-refractivity contribution in [2.45, 2.75) is 12.2 Å². The molecule has 4 aromatic rings. The van der Waals surface area contributed by atoms with Gasteiger partial charge in [0.15, 0.2) is 29.1 Å². The molecule has 0 saturated carbocycles. The number of aliphatic hydroxyl groups is 1. The number of carbonyl (C=O) groups excluding carboxylic acids is 2. The summed E-state index contributed by atoms with van der Waals surface area (Å²) in [4.78, 5) is 24.8. The van der Waals surface area contributed by atoms with Gasteiger partial charge in [0.25, 0.3) is 0 Å². The van der Waals surface area contributed by atoms with Crippen LogP contribution in [-0.4, -0.2) is 73.0 Å². The van der Waals surface area contributed by atoms with Crippen LogP contribution in [-0.2, 0) is 19.1 Å². The second-order valence-corrected chi connectivity index (χ2v) is 10.8. The van der Waals surface area contributed by atoms with Crippen molar-refractivity contribution in [2.24, 2.45) is 0 Å². The zero-order chi connectivity index (χ0) is 36.8. The van der Waals surface area contributed by atoms with E-state index in [1.165, 1.54) is 82.0 Å². The summed E-state index contributed by atoms with van der Waals surface area (Å²) in [6.45, 7) is -0.442. The van der Waals surface area contributed by atoms with E-state index >= 15 is 0 Å². The fraction of sp³-hybridized carbons (Fsp3) is 0.179. The summed E-state index contributed by atoms with van der Waals surface area (Å²) in [6.07, 6.45) is 6.26. The maximum absolute atomic E-state index is 12.7. The fourth-order valence-electron chi connectivity index (χ4n) is 4.62. The molecule has 0 unspecified atom stereocenters. The Labute approximate surface area is 294 Å². The van der Waals surface area contributed by atoms with E-state index in [9.17, 15) is 30.0 Å². The molecular formula is C39H38O12. The molecule has 12 nitrogen and oxygen atoms in total. The first-order chi connectivity index (χ1) is 24.6. The smallest absolute Gasteiger partial charge is 0.331 e. The van der Waals surface area contributed by atoms with Gasteiger partial charge in [-0.3, -0.25) is 0 Å².